The van der Waals surface area contributed by atoms with Gasteiger partial charge in [-0.3, -0.25) is 9.20 Å². The van der Waals surface area contributed by atoms with Crippen molar-refractivity contribution in [1.82, 2.24) is 19.4 Å². The molecule has 0 saturated heterocycles. The summed E-state index contributed by atoms with van der Waals surface area (Å²) in [5.74, 6) is 0.539. The van der Waals surface area contributed by atoms with Crippen molar-refractivity contribution in [3.63, 3.8) is 0 Å². The average Bonchev–Trinajstić information content (AvgIpc) is 2.67. The van der Waals surface area contributed by atoms with Crippen molar-refractivity contribution in [1.29, 1.82) is 0 Å². The molecule has 1 aromatic carbocycles. The van der Waals surface area contributed by atoms with Crippen LogP contribution in [0.25, 0.3) is 16.9 Å². The van der Waals surface area contributed by atoms with Crippen molar-refractivity contribution >= 4 is 17.4 Å². The Morgan fingerprint density at radius 1 is 0.963 bits per heavy atom. The molecule has 3 heterocycles. The normalized spacial score (nSPS) is 11.0. The van der Waals surface area contributed by atoms with E-state index in [1.165, 1.54) is 11.8 Å². The van der Waals surface area contributed by atoms with Crippen molar-refractivity contribution < 1.29 is 0 Å². The van der Waals surface area contributed by atoms with Crippen LogP contribution in [0.15, 0.2) is 70.7 Å². The van der Waals surface area contributed by atoms with E-state index < -0.39 is 0 Å². The van der Waals surface area contributed by atoms with Crippen LogP contribution in [-0.2, 0) is 5.75 Å². The van der Waals surface area contributed by atoms with Crippen LogP contribution in [0.1, 0.15) is 17.0 Å². The molecule has 6 heteroatoms. The van der Waals surface area contributed by atoms with E-state index >= 15 is 0 Å². The van der Waals surface area contributed by atoms with Gasteiger partial charge in [-0.05, 0) is 31.5 Å². The Labute approximate surface area is 161 Å². The van der Waals surface area contributed by atoms with E-state index in [1.807, 2.05) is 62.4 Å². The highest BCUT2D eigenvalue weighted by Crippen LogP contribution is 2.23. The lowest BCUT2D eigenvalue weighted by Gasteiger charge is -2.07. The van der Waals surface area contributed by atoms with Crippen molar-refractivity contribution in [3.8, 4) is 11.3 Å². The summed E-state index contributed by atoms with van der Waals surface area (Å²) in [6, 6.07) is 17.4. The summed E-state index contributed by atoms with van der Waals surface area (Å²) in [5, 5.41) is 0.681. The lowest BCUT2D eigenvalue weighted by molar-refractivity contribution is 0.934. The second-order valence-corrected chi connectivity index (χ2v) is 7.24. The molecule has 0 amide bonds. The Bertz CT molecular complexity index is 1170. The van der Waals surface area contributed by atoms with Gasteiger partial charge in [0.05, 0.1) is 11.4 Å². The zero-order valence-electron chi connectivity index (χ0n) is 15.1. The molecule has 0 bridgehead atoms. The minimum atomic E-state index is -0.0746. The van der Waals surface area contributed by atoms with E-state index in [4.69, 9.17) is 0 Å². The maximum absolute atomic E-state index is 12.3. The molecular formula is C21H18N4OS. The minimum absolute atomic E-state index is 0.0746. The quantitative estimate of drug-likeness (QED) is 0.398. The predicted molar refractivity (Wildman–Crippen MR) is 108 cm³/mol. The number of thioether (sulfide) groups is 1. The summed E-state index contributed by atoms with van der Waals surface area (Å²) in [6.07, 6.45) is 1.74. The highest BCUT2D eigenvalue weighted by atomic mass is 32.2. The molecule has 0 aliphatic carbocycles. The van der Waals surface area contributed by atoms with Crippen LogP contribution >= 0.6 is 11.8 Å². The van der Waals surface area contributed by atoms with Gasteiger partial charge >= 0.3 is 0 Å². The van der Waals surface area contributed by atoms with Crippen LogP contribution in [0.4, 0.5) is 0 Å². The number of hydrogen-bond acceptors (Lipinski definition) is 5. The Kier molecular flexibility index (Phi) is 4.73. The summed E-state index contributed by atoms with van der Waals surface area (Å²) >= 11 is 1.49. The van der Waals surface area contributed by atoms with Gasteiger partial charge in [0, 0.05) is 29.3 Å². The van der Waals surface area contributed by atoms with E-state index in [2.05, 4.69) is 15.0 Å². The molecule has 4 rings (SSSR count). The molecule has 0 spiro atoms. The van der Waals surface area contributed by atoms with Crippen molar-refractivity contribution in [2.45, 2.75) is 24.8 Å². The Balaban J connectivity index is 1.62. The maximum atomic E-state index is 12.3. The molecule has 0 unspecified atom stereocenters. The zero-order chi connectivity index (χ0) is 18.8. The van der Waals surface area contributed by atoms with Crippen LogP contribution in [0.3, 0.4) is 0 Å². The number of fused-ring (bicyclic) bond motifs is 1. The first kappa shape index (κ1) is 17.4. The standard InChI is InChI=1S/C21H18N4OS/c1-14-7-6-10-25-19(26)12-17(23-20(14)25)13-27-21-22-15(2)11-18(24-21)16-8-4-3-5-9-16/h3-12H,13H2,1-2H3. The molecule has 134 valence electrons. The van der Waals surface area contributed by atoms with Gasteiger partial charge in [-0.2, -0.15) is 0 Å². The monoisotopic (exact) mass is 374 g/mol. The molecule has 0 fully saturated rings. The van der Waals surface area contributed by atoms with Crippen LogP contribution in [0.2, 0.25) is 0 Å². The van der Waals surface area contributed by atoms with E-state index in [0.717, 1.165) is 28.2 Å². The van der Waals surface area contributed by atoms with Crippen molar-refractivity contribution in [2.75, 3.05) is 0 Å². The fourth-order valence-electron chi connectivity index (χ4n) is 2.88. The van der Waals surface area contributed by atoms with Gasteiger partial charge in [0.1, 0.15) is 5.65 Å². The molecule has 0 aliphatic heterocycles. The number of aromatic nitrogens is 4. The van der Waals surface area contributed by atoms with Crippen molar-refractivity contribution in [3.05, 3.63) is 88.1 Å². The van der Waals surface area contributed by atoms with Crippen LogP contribution < -0.4 is 5.56 Å². The first-order valence-electron chi connectivity index (χ1n) is 8.62. The predicted octanol–water partition coefficient (Wildman–Crippen LogP) is 4.06. The van der Waals surface area contributed by atoms with Gasteiger partial charge in [-0.15, -0.1) is 0 Å². The van der Waals surface area contributed by atoms with E-state index in [1.54, 1.807) is 16.7 Å². The van der Waals surface area contributed by atoms with E-state index in [9.17, 15) is 4.79 Å². The third-order valence-corrected chi connectivity index (χ3v) is 5.07. The van der Waals surface area contributed by atoms with Gasteiger partial charge < -0.3 is 0 Å². The lowest BCUT2D eigenvalue weighted by atomic mass is 10.1. The first-order chi connectivity index (χ1) is 13.1. The molecule has 0 aliphatic rings. The zero-order valence-corrected chi connectivity index (χ0v) is 15.9. The number of hydrogen-bond donors (Lipinski definition) is 0. The number of benzene rings is 1. The van der Waals surface area contributed by atoms with Gasteiger partial charge in [-0.25, -0.2) is 15.0 Å². The molecule has 0 saturated carbocycles. The number of nitrogens with zero attached hydrogens (tertiary/aromatic N) is 4. The highest BCUT2D eigenvalue weighted by molar-refractivity contribution is 7.98. The first-order valence-corrected chi connectivity index (χ1v) is 9.60. The van der Waals surface area contributed by atoms with Gasteiger partial charge in [0.15, 0.2) is 5.16 Å². The Morgan fingerprint density at radius 2 is 1.78 bits per heavy atom. The van der Waals surface area contributed by atoms with Crippen LogP contribution in [0, 0.1) is 13.8 Å². The Hall–Kier alpha value is -2.99. The fourth-order valence-corrected chi connectivity index (χ4v) is 3.68. The summed E-state index contributed by atoms with van der Waals surface area (Å²) in [4.78, 5) is 26.2. The van der Waals surface area contributed by atoms with Gasteiger partial charge in [-0.1, -0.05) is 48.2 Å². The molecule has 0 radical (unpaired) electrons. The molecular weight excluding hydrogens is 356 g/mol. The SMILES string of the molecule is Cc1cc(-c2ccccc2)nc(SCc2cc(=O)n3cccc(C)c3n2)n1. The fraction of sp³-hybridized carbons (Fsp3) is 0.143. The van der Waals surface area contributed by atoms with Gasteiger partial charge in [0.2, 0.25) is 0 Å². The third-order valence-electron chi connectivity index (χ3n) is 4.19. The van der Waals surface area contributed by atoms with E-state index in [0.29, 0.717) is 16.6 Å². The van der Waals surface area contributed by atoms with E-state index in [-0.39, 0.29) is 5.56 Å². The van der Waals surface area contributed by atoms with Crippen LogP contribution in [0.5, 0.6) is 0 Å². The molecule has 0 atom stereocenters. The average molecular weight is 374 g/mol. The molecule has 5 nitrogen and oxygen atoms in total. The maximum Gasteiger partial charge on any atom is 0.258 e. The molecule has 0 N–H and O–H groups in total. The molecule has 27 heavy (non-hydrogen) atoms. The van der Waals surface area contributed by atoms with Crippen molar-refractivity contribution in [2.24, 2.45) is 0 Å². The van der Waals surface area contributed by atoms with Crippen LogP contribution in [-0.4, -0.2) is 19.4 Å². The molecule has 3 aromatic heterocycles. The summed E-state index contributed by atoms with van der Waals surface area (Å²) < 4.78 is 1.57. The largest absolute Gasteiger partial charge is 0.269 e. The highest BCUT2D eigenvalue weighted by Gasteiger charge is 2.08. The Morgan fingerprint density at radius 3 is 2.59 bits per heavy atom. The second-order valence-electron chi connectivity index (χ2n) is 6.30. The van der Waals surface area contributed by atoms with Gasteiger partial charge in [0.25, 0.3) is 5.56 Å². The second kappa shape index (κ2) is 7.32. The number of pyridine rings is 1. The third kappa shape index (κ3) is 3.75. The summed E-state index contributed by atoms with van der Waals surface area (Å²) in [7, 11) is 0. The number of rotatable bonds is 4. The summed E-state index contributed by atoms with van der Waals surface area (Å²) in [6.45, 7) is 3.91. The summed E-state index contributed by atoms with van der Waals surface area (Å²) in [5.41, 5.74) is 5.18. The smallest absolute Gasteiger partial charge is 0.258 e. The lowest BCUT2D eigenvalue weighted by Crippen LogP contribution is -2.15. The number of aryl methyl sites for hydroxylation is 2. The molecule has 4 aromatic rings. The minimum Gasteiger partial charge on any atom is -0.269 e. The topological polar surface area (TPSA) is 60.2 Å².